The number of thioether (sulfide) groups is 1. The number of hydrogen-bond donors (Lipinski definition) is 0. The lowest BCUT2D eigenvalue weighted by Gasteiger charge is -2.17. The molecule has 1 aromatic heterocycles. The molecule has 0 bridgehead atoms. The Bertz CT molecular complexity index is 942. The van der Waals surface area contributed by atoms with Gasteiger partial charge in [0.05, 0.1) is 5.75 Å². The number of amides is 1. The van der Waals surface area contributed by atoms with Crippen molar-refractivity contribution in [1.82, 2.24) is 14.8 Å². The number of methoxy groups -OCH3 is 1. The normalized spacial score (nSPS) is 13.0. The van der Waals surface area contributed by atoms with Gasteiger partial charge in [0.15, 0.2) is 11.0 Å². The lowest BCUT2D eigenvalue weighted by molar-refractivity contribution is -0.116. The molecule has 0 spiro atoms. The highest BCUT2D eigenvalue weighted by molar-refractivity contribution is 7.99. The van der Waals surface area contributed by atoms with Gasteiger partial charge in [0.2, 0.25) is 5.91 Å². The van der Waals surface area contributed by atoms with Crippen molar-refractivity contribution in [3.8, 4) is 5.69 Å². The molecular weight excluding hydrogens is 360 g/mol. The van der Waals surface area contributed by atoms with Crippen LogP contribution in [0.5, 0.6) is 0 Å². The number of anilines is 1. The molecule has 1 amide bonds. The maximum atomic E-state index is 12.8. The van der Waals surface area contributed by atoms with E-state index < -0.39 is 0 Å². The summed E-state index contributed by atoms with van der Waals surface area (Å²) in [6.45, 7) is 1.09. The molecule has 0 aliphatic carbocycles. The molecule has 138 valence electrons. The average Bonchev–Trinajstić information content (AvgIpc) is 3.31. The monoisotopic (exact) mass is 380 g/mol. The first-order chi connectivity index (χ1) is 13.3. The fraction of sp³-hybridized carbons (Fsp3) is 0.250. The van der Waals surface area contributed by atoms with Crippen LogP contribution in [0.2, 0.25) is 0 Å². The summed E-state index contributed by atoms with van der Waals surface area (Å²) in [5.41, 5.74) is 3.20. The van der Waals surface area contributed by atoms with E-state index in [1.54, 1.807) is 7.11 Å². The van der Waals surface area contributed by atoms with Crippen molar-refractivity contribution in [1.29, 1.82) is 0 Å². The summed E-state index contributed by atoms with van der Waals surface area (Å²) in [6, 6.07) is 18.0. The number of fused-ring (bicyclic) bond motifs is 1. The standard InChI is InChI=1S/C20H20N4O2S/c1-26-13-18-21-22-20(24(18)16-8-3-2-4-9-16)27-14-19(25)23-12-11-15-7-5-6-10-17(15)23/h2-10H,11-14H2,1H3. The predicted octanol–water partition coefficient (Wildman–Crippen LogP) is 3.10. The zero-order valence-corrected chi connectivity index (χ0v) is 15.9. The molecule has 0 atom stereocenters. The molecule has 0 fully saturated rings. The van der Waals surface area contributed by atoms with Crippen LogP contribution in [0.3, 0.4) is 0 Å². The van der Waals surface area contributed by atoms with Crippen LogP contribution in [-0.4, -0.2) is 40.1 Å². The molecule has 7 heteroatoms. The number of nitrogens with zero attached hydrogens (tertiary/aromatic N) is 4. The predicted molar refractivity (Wildman–Crippen MR) is 105 cm³/mol. The average molecular weight is 380 g/mol. The van der Waals surface area contributed by atoms with Crippen LogP contribution >= 0.6 is 11.8 Å². The van der Waals surface area contributed by atoms with Gasteiger partial charge in [-0.05, 0) is 30.2 Å². The third-order valence-corrected chi connectivity index (χ3v) is 5.41. The topological polar surface area (TPSA) is 60.3 Å². The highest BCUT2D eigenvalue weighted by Crippen LogP contribution is 2.29. The molecule has 0 radical (unpaired) electrons. The lowest BCUT2D eigenvalue weighted by atomic mass is 10.2. The van der Waals surface area contributed by atoms with Crippen LogP contribution < -0.4 is 4.90 Å². The summed E-state index contributed by atoms with van der Waals surface area (Å²) < 4.78 is 7.19. The number of benzene rings is 2. The molecule has 1 aliphatic rings. The third kappa shape index (κ3) is 3.61. The minimum absolute atomic E-state index is 0.0841. The molecule has 3 aromatic rings. The summed E-state index contributed by atoms with van der Waals surface area (Å²) in [5, 5.41) is 9.20. The van der Waals surface area contributed by atoms with Gasteiger partial charge in [0.25, 0.3) is 0 Å². The van der Waals surface area contributed by atoms with Gasteiger partial charge in [0, 0.05) is 25.0 Å². The zero-order chi connectivity index (χ0) is 18.6. The fourth-order valence-corrected chi connectivity index (χ4v) is 4.10. The second-order valence-electron chi connectivity index (χ2n) is 6.22. The fourth-order valence-electron chi connectivity index (χ4n) is 3.25. The molecule has 0 unspecified atom stereocenters. The van der Waals surface area contributed by atoms with Gasteiger partial charge in [-0.15, -0.1) is 10.2 Å². The first kappa shape index (κ1) is 17.8. The SMILES string of the molecule is COCc1nnc(SCC(=O)N2CCc3ccccc32)n1-c1ccccc1. The summed E-state index contributed by atoms with van der Waals surface area (Å²) in [4.78, 5) is 14.6. The molecule has 0 N–H and O–H groups in total. The summed E-state index contributed by atoms with van der Waals surface area (Å²) in [6.07, 6.45) is 0.908. The molecule has 4 rings (SSSR count). The number of hydrogen-bond acceptors (Lipinski definition) is 5. The highest BCUT2D eigenvalue weighted by Gasteiger charge is 2.25. The van der Waals surface area contributed by atoms with Crippen LogP contribution in [0, 0.1) is 0 Å². The number of carbonyl (C=O) groups is 1. The molecule has 2 aromatic carbocycles. The molecule has 0 saturated carbocycles. The Morgan fingerprint density at radius 2 is 1.89 bits per heavy atom. The van der Waals surface area contributed by atoms with Crippen molar-refractivity contribution >= 4 is 23.4 Å². The van der Waals surface area contributed by atoms with E-state index in [4.69, 9.17) is 4.74 Å². The van der Waals surface area contributed by atoms with Crippen LogP contribution in [0.1, 0.15) is 11.4 Å². The van der Waals surface area contributed by atoms with Gasteiger partial charge in [-0.1, -0.05) is 48.2 Å². The lowest BCUT2D eigenvalue weighted by Crippen LogP contribution is -2.30. The second-order valence-corrected chi connectivity index (χ2v) is 7.16. The van der Waals surface area contributed by atoms with Gasteiger partial charge >= 0.3 is 0 Å². The van der Waals surface area contributed by atoms with Gasteiger partial charge in [-0.3, -0.25) is 9.36 Å². The van der Waals surface area contributed by atoms with E-state index in [2.05, 4.69) is 16.3 Å². The van der Waals surface area contributed by atoms with Crippen molar-refractivity contribution in [2.75, 3.05) is 24.3 Å². The Kier molecular flexibility index (Phi) is 5.22. The molecule has 27 heavy (non-hydrogen) atoms. The van der Waals surface area contributed by atoms with Crippen molar-refractivity contribution < 1.29 is 9.53 Å². The van der Waals surface area contributed by atoms with Gasteiger partial charge in [-0.25, -0.2) is 0 Å². The summed E-state index contributed by atoms with van der Waals surface area (Å²) >= 11 is 1.40. The second kappa shape index (κ2) is 7.94. The van der Waals surface area contributed by atoms with E-state index in [-0.39, 0.29) is 5.91 Å². The Hall–Kier alpha value is -2.64. The van der Waals surface area contributed by atoms with Crippen molar-refractivity contribution in [3.05, 3.63) is 66.0 Å². The van der Waals surface area contributed by atoms with E-state index in [9.17, 15) is 4.79 Å². The van der Waals surface area contributed by atoms with E-state index in [1.807, 2.05) is 58.0 Å². The Morgan fingerprint density at radius 1 is 1.11 bits per heavy atom. The number of para-hydroxylation sites is 2. The van der Waals surface area contributed by atoms with E-state index >= 15 is 0 Å². The first-order valence-corrected chi connectivity index (χ1v) is 9.76. The van der Waals surface area contributed by atoms with Crippen molar-refractivity contribution in [2.45, 2.75) is 18.2 Å². The minimum atomic E-state index is 0.0841. The molecule has 0 saturated heterocycles. The minimum Gasteiger partial charge on any atom is -0.377 e. The smallest absolute Gasteiger partial charge is 0.237 e. The van der Waals surface area contributed by atoms with Gasteiger partial charge in [-0.2, -0.15) is 0 Å². The van der Waals surface area contributed by atoms with Crippen molar-refractivity contribution in [3.63, 3.8) is 0 Å². The van der Waals surface area contributed by atoms with E-state index in [1.165, 1.54) is 17.3 Å². The van der Waals surface area contributed by atoms with Crippen molar-refractivity contribution in [2.24, 2.45) is 0 Å². The number of aromatic nitrogens is 3. The molecular formula is C20H20N4O2S. The van der Waals surface area contributed by atoms with Crippen LogP contribution in [0.25, 0.3) is 5.69 Å². The maximum Gasteiger partial charge on any atom is 0.237 e. The number of carbonyl (C=O) groups excluding carboxylic acids is 1. The summed E-state index contributed by atoms with van der Waals surface area (Å²) in [5.74, 6) is 1.11. The highest BCUT2D eigenvalue weighted by atomic mass is 32.2. The molecule has 6 nitrogen and oxygen atoms in total. The van der Waals surface area contributed by atoms with E-state index in [0.717, 1.165) is 24.3 Å². The number of rotatable bonds is 6. The molecule has 2 heterocycles. The van der Waals surface area contributed by atoms with Crippen LogP contribution in [0.15, 0.2) is 59.8 Å². The molecule has 1 aliphatic heterocycles. The van der Waals surface area contributed by atoms with Crippen LogP contribution in [-0.2, 0) is 22.6 Å². The third-order valence-electron chi connectivity index (χ3n) is 4.50. The van der Waals surface area contributed by atoms with E-state index in [0.29, 0.717) is 23.3 Å². The van der Waals surface area contributed by atoms with Gasteiger partial charge < -0.3 is 9.64 Å². The number of ether oxygens (including phenoxy) is 1. The summed E-state index contributed by atoms with van der Waals surface area (Å²) in [7, 11) is 1.63. The van der Waals surface area contributed by atoms with Crippen LogP contribution in [0.4, 0.5) is 5.69 Å². The maximum absolute atomic E-state index is 12.8. The Labute approximate surface area is 162 Å². The Balaban J connectivity index is 1.53. The zero-order valence-electron chi connectivity index (χ0n) is 15.0. The largest absolute Gasteiger partial charge is 0.377 e. The van der Waals surface area contributed by atoms with Gasteiger partial charge in [0.1, 0.15) is 6.61 Å². The Morgan fingerprint density at radius 3 is 2.70 bits per heavy atom. The first-order valence-electron chi connectivity index (χ1n) is 8.77. The quantitative estimate of drug-likeness (QED) is 0.615.